The van der Waals surface area contributed by atoms with Gasteiger partial charge in [-0.1, -0.05) is 25.1 Å². The molecule has 2 heterocycles. The molecule has 0 amide bonds. The van der Waals surface area contributed by atoms with Crippen LogP contribution < -0.4 is 4.74 Å². The van der Waals surface area contributed by atoms with Gasteiger partial charge in [0, 0.05) is 26.6 Å². The number of aromatic nitrogens is 3. The quantitative estimate of drug-likeness (QED) is 0.806. The first-order chi connectivity index (χ1) is 12.0. The third-order valence-corrected chi connectivity index (χ3v) is 4.47. The predicted octanol–water partition coefficient (Wildman–Crippen LogP) is 2.44. The molecule has 1 aromatic heterocycles. The van der Waals surface area contributed by atoms with Gasteiger partial charge in [-0.25, -0.2) is 0 Å². The number of morpholine rings is 1. The van der Waals surface area contributed by atoms with Gasteiger partial charge in [0.15, 0.2) is 0 Å². The minimum Gasteiger partial charge on any atom is -0.491 e. The van der Waals surface area contributed by atoms with Crippen molar-refractivity contribution in [3.8, 4) is 5.75 Å². The summed E-state index contributed by atoms with van der Waals surface area (Å²) in [5.41, 5.74) is -0.213. The lowest BCUT2D eigenvalue weighted by Gasteiger charge is -2.42. The van der Waals surface area contributed by atoms with Gasteiger partial charge < -0.3 is 14.0 Å². The van der Waals surface area contributed by atoms with Crippen molar-refractivity contribution in [2.75, 3.05) is 19.7 Å². The summed E-state index contributed by atoms with van der Waals surface area (Å²) in [5, 5.41) is 8.61. The minimum atomic E-state index is -0.213. The number of benzene rings is 1. The molecular formula is C19H28N4O2. The van der Waals surface area contributed by atoms with Crippen LogP contribution in [0.5, 0.6) is 5.75 Å². The van der Waals surface area contributed by atoms with E-state index in [0.29, 0.717) is 6.61 Å². The van der Waals surface area contributed by atoms with Gasteiger partial charge in [-0.15, -0.1) is 10.2 Å². The van der Waals surface area contributed by atoms with E-state index in [1.165, 1.54) is 0 Å². The van der Waals surface area contributed by atoms with Crippen LogP contribution in [0.15, 0.2) is 30.3 Å². The molecule has 6 nitrogen and oxygen atoms in total. The maximum absolute atomic E-state index is 6.21. The van der Waals surface area contributed by atoms with Crippen molar-refractivity contribution in [1.82, 2.24) is 19.7 Å². The van der Waals surface area contributed by atoms with E-state index in [-0.39, 0.29) is 11.7 Å². The monoisotopic (exact) mass is 344 g/mol. The molecule has 0 spiro atoms. The smallest absolute Gasteiger partial charge is 0.146 e. The highest BCUT2D eigenvalue weighted by molar-refractivity contribution is 5.20. The van der Waals surface area contributed by atoms with E-state index in [2.05, 4.69) is 40.4 Å². The molecule has 1 aliphatic rings. The van der Waals surface area contributed by atoms with Crippen molar-refractivity contribution in [2.24, 2.45) is 7.05 Å². The SMILES string of the molecule is CCc1nnc(CN2C[C@@H](COc3ccccc3)OC(C)(C)C2)n1C. The number of para-hydroxylation sites is 1. The lowest BCUT2D eigenvalue weighted by atomic mass is 10.1. The Morgan fingerprint density at radius 2 is 1.92 bits per heavy atom. The third-order valence-electron chi connectivity index (χ3n) is 4.47. The second-order valence-corrected chi connectivity index (χ2v) is 7.24. The average Bonchev–Trinajstić information content (AvgIpc) is 2.92. The summed E-state index contributed by atoms with van der Waals surface area (Å²) in [6.45, 7) is 9.36. The molecule has 1 fully saturated rings. The number of nitrogens with zero attached hydrogens (tertiary/aromatic N) is 4. The molecule has 1 aromatic carbocycles. The van der Waals surface area contributed by atoms with Crippen LogP contribution in [0.4, 0.5) is 0 Å². The molecule has 0 unspecified atom stereocenters. The summed E-state index contributed by atoms with van der Waals surface area (Å²) >= 11 is 0. The fourth-order valence-corrected chi connectivity index (χ4v) is 3.37. The minimum absolute atomic E-state index is 0.0304. The van der Waals surface area contributed by atoms with Crippen molar-refractivity contribution >= 4 is 0 Å². The van der Waals surface area contributed by atoms with Crippen LogP contribution in [0.25, 0.3) is 0 Å². The normalized spacial score (nSPS) is 20.6. The molecule has 3 rings (SSSR count). The molecular weight excluding hydrogens is 316 g/mol. The molecule has 0 aliphatic carbocycles. The number of aryl methyl sites for hydroxylation is 1. The molecule has 0 N–H and O–H groups in total. The van der Waals surface area contributed by atoms with Gasteiger partial charge in [0.25, 0.3) is 0 Å². The van der Waals surface area contributed by atoms with Gasteiger partial charge in [-0.05, 0) is 26.0 Å². The highest BCUT2D eigenvalue weighted by Gasteiger charge is 2.34. The molecule has 2 aromatic rings. The zero-order valence-corrected chi connectivity index (χ0v) is 15.6. The highest BCUT2D eigenvalue weighted by Crippen LogP contribution is 2.23. The second kappa shape index (κ2) is 7.54. The van der Waals surface area contributed by atoms with Crippen molar-refractivity contribution in [2.45, 2.75) is 45.4 Å². The maximum atomic E-state index is 6.21. The Morgan fingerprint density at radius 1 is 1.20 bits per heavy atom. The molecule has 0 saturated carbocycles. The van der Waals surface area contributed by atoms with Gasteiger partial charge in [0.2, 0.25) is 0 Å². The average molecular weight is 344 g/mol. The Balaban J connectivity index is 1.63. The molecule has 1 aliphatic heterocycles. The summed E-state index contributed by atoms with van der Waals surface area (Å²) in [7, 11) is 2.04. The fourth-order valence-electron chi connectivity index (χ4n) is 3.37. The third kappa shape index (κ3) is 4.58. The summed E-state index contributed by atoms with van der Waals surface area (Å²) < 4.78 is 14.2. The Labute approximate surface area is 149 Å². The van der Waals surface area contributed by atoms with Crippen LogP contribution in [0.2, 0.25) is 0 Å². The largest absolute Gasteiger partial charge is 0.491 e. The Hall–Kier alpha value is -1.92. The van der Waals surface area contributed by atoms with Crippen molar-refractivity contribution < 1.29 is 9.47 Å². The zero-order chi connectivity index (χ0) is 17.9. The molecule has 1 atom stereocenters. The van der Waals surface area contributed by atoms with Crippen molar-refractivity contribution in [3.63, 3.8) is 0 Å². The Morgan fingerprint density at radius 3 is 2.60 bits per heavy atom. The standard InChI is InChI=1S/C19H28N4O2/c1-5-17-20-21-18(22(17)4)12-23-11-16(25-19(2,3)14-23)13-24-15-9-7-6-8-10-15/h6-10,16H,5,11-14H2,1-4H3/t16-/m0/s1. The van der Waals surface area contributed by atoms with Gasteiger partial charge in [-0.2, -0.15) is 0 Å². The van der Waals surface area contributed by atoms with Crippen molar-refractivity contribution in [3.05, 3.63) is 42.0 Å². The summed E-state index contributed by atoms with van der Waals surface area (Å²) in [6, 6.07) is 9.88. The molecule has 6 heteroatoms. The first-order valence-corrected chi connectivity index (χ1v) is 8.92. The molecule has 1 saturated heterocycles. The van der Waals surface area contributed by atoms with Crippen LogP contribution in [-0.2, 0) is 24.8 Å². The maximum Gasteiger partial charge on any atom is 0.146 e. The molecule has 0 radical (unpaired) electrons. The van der Waals surface area contributed by atoms with Crippen LogP contribution in [0, 0.1) is 0 Å². The van der Waals surface area contributed by atoms with Crippen molar-refractivity contribution in [1.29, 1.82) is 0 Å². The van der Waals surface area contributed by atoms with Crippen LogP contribution in [0.1, 0.15) is 32.4 Å². The summed E-state index contributed by atoms with van der Waals surface area (Å²) in [6.07, 6.45) is 0.925. The Bertz CT molecular complexity index is 684. The van der Waals surface area contributed by atoms with Gasteiger partial charge in [0.1, 0.15) is 30.1 Å². The van der Waals surface area contributed by atoms with Crippen LogP contribution in [-0.4, -0.2) is 51.1 Å². The molecule has 25 heavy (non-hydrogen) atoms. The van der Waals surface area contributed by atoms with E-state index in [9.17, 15) is 0 Å². The summed E-state index contributed by atoms with van der Waals surface area (Å²) in [4.78, 5) is 2.38. The van der Waals surface area contributed by atoms with E-state index in [1.54, 1.807) is 0 Å². The molecule has 0 bridgehead atoms. The first kappa shape index (κ1) is 17.9. The second-order valence-electron chi connectivity index (χ2n) is 7.24. The van der Waals surface area contributed by atoms with Gasteiger partial charge >= 0.3 is 0 Å². The lowest BCUT2D eigenvalue weighted by molar-refractivity contribution is -0.148. The first-order valence-electron chi connectivity index (χ1n) is 8.92. The topological polar surface area (TPSA) is 52.4 Å². The Kier molecular flexibility index (Phi) is 5.39. The van der Waals surface area contributed by atoms with Gasteiger partial charge in [-0.3, -0.25) is 4.90 Å². The van der Waals surface area contributed by atoms with E-state index in [4.69, 9.17) is 9.47 Å². The summed E-state index contributed by atoms with van der Waals surface area (Å²) in [5.74, 6) is 2.89. The van der Waals surface area contributed by atoms with E-state index in [1.807, 2.05) is 37.4 Å². The number of ether oxygens (including phenoxy) is 2. The van der Waals surface area contributed by atoms with E-state index >= 15 is 0 Å². The fraction of sp³-hybridized carbons (Fsp3) is 0.579. The lowest BCUT2D eigenvalue weighted by Crippen LogP contribution is -2.54. The van der Waals surface area contributed by atoms with E-state index in [0.717, 1.165) is 43.5 Å². The van der Waals surface area contributed by atoms with Crippen LogP contribution >= 0.6 is 0 Å². The van der Waals surface area contributed by atoms with Gasteiger partial charge in [0.05, 0.1) is 12.1 Å². The zero-order valence-electron chi connectivity index (χ0n) is 15.6. The number of rotatable bonds is 6. The van der Waals surface area contributed by atoms with Crippen LogP contribution in [0.3, 0.4) is 0 Å². The van der Waals surface area contributed by atoms with E-state index < -0.39 is 0 Å². The number of hydrogen-bond acceptors (Lipinski definition) is 5. The highest BCUT2D eigenvalue weighted by atomic mass is 16.5. The number of hydrogen-bond donors (Lipinski definition) is 0. The molecule has 136 valence electrons. The predicted molar refractivity (Wildman–Crippen MR) is 96.5 cm³/mol.